The average molecular weight is 285 g/mol. The second-order valence-electron chi connectivity index (χ2n) is 5.23. The summed E-state index contributed by atoms with van der Waals surface area (Å²) >= 11 is 0. The lowest BCUT2D eigenvalue weighted by atomic mass is 9.99. The van der Waals surface area contributed by atoms with E-state index in [2.05, 4.69) is 15.0 Å². The van der Waals surface area contributed by atoms with Gasteiger partial charge in [0.2, 0.25) is 5.91 Å². The minimum atomic E-state index is -0.238. The van der Waals surface area contributed by atoms with Crippen LogP contribution in [0.1, 0.15) is 38.5 Å². The van der Waals surface area contributed by atoms with Gasteiger partial charge in [-0.3, -0.25) is 14.5 Å². The van der Waals surface area contributed by atoms with Gasteiger partial charge >= 0.3 is 5.97 Å². The molecule has 0 bridgehead atoms. The highest BCUT2D eigenvalue weighted by Gasteiger charge is 2.23. The number of likely N-dealkylation sites (tertiary alicyclic amines) is 1. The summed E-state index contributed by atoms with van der Waals surface area (Å²) in [6.07, 6.45) is 5.42. The molecule has 6 heteroatoms. The third-order valence-corrected chi connectivity index (χ3v) is 3.70. The first-order valence-corrected chi connectivity index (χ1v) is 7.45. The molecule has 1 fully saturated rings. The van der Waals surface area contributed by atoms with Crippen molar-refractivity contribution in [1.82, 2.24) is 10.2 Å². The van der Waals surface area contributed by atoms with Crippen LogP contribution in [0.5, 0.6) is 0 Å². The molecular weight excluding hydrogens is 258 g/mol. The Morgan fingerprint density at radius 1 is 1.40 bits per heavy atom. The molecule has 3 N–H and O–H groups in total. The Hall–Kier alpha value is -1.14. The normalized spacial score (nSPS) is 19.6. The van der Waals surface area contributed by atoms with Crippen molar-refractivity contribution in [2.75, 3.05) is 33.3 Å². The van der Waals surface area contributed by atoms with E-state index in [0.29, 0.717) is 38.5 Å². The standard InChI is InChI=1S/C14H27N3O3/c1-20-14(19)6-4-9-16-13(18)11-17-10-3-2-5-12(17)7-8-15/h12H,2-11,15H2,1H3,(H,16,18). The van der Waals surface area contributed by atoms with Crippen LogP contribution in [-0.4, -0.2) is 56.1 Å². The number of methoxy groups -OCH3 is 1. The first kappa shape index (κ1) is 16.9. The Morgan fingerprint density at radius 3 is 2.90 bits per heavy atom. The minimum absolute atomic E-state index is 0.0267. The maximum absolute atomic E-state index is 11.9. The Morgan fingerprint density at radius 2 is 2.20 bits per heavy atom. The highest BCUT2D eigenvalue weighted by atomic mass is 16.5. The number of amides is 1. The number of nitrogens with zero attached hydrogens (tertiary/aromatic N) is 1. The maximum Gasteiger partial charge on any atom is 0.305 e. The lowest BCUT2D eigenvalue weighted by Crippen LogP contribution is -2.46. The first-order chi connectivity index (χ1) is 9.67. The van der Waals surface area contributed by atoms with Gasteiger partial charge in [-0.15, -0.1) is 0 Å². The van der Waals surface area contributed by atoms with Crippen LogP contribution < -0.4 is 11.1 Å². The fourth-order valence-electron chi connectivity index (χ4n) is 2.59. The molecule has 20 heavy (non-hydrogen) atoms. The molecule has 0 aromatic heterocycles. The van der Waals surface area contributed by atoms with E-state index in [1.54, 1.807) is 0 Å². The molecule has 1 aliphatic heterocycles. The molecule has 1 heterocycles. The van der Waals surface area contributed by atoms with Crippen molar-refractivity contribution in [2.24, 2.45) is 5.73 Å². The highest BCUT2D eigenvalue weighted by Crippen LogP contribution is 2.18. The van der Waals surface area contributed by atoms with Gasteiger partial charge in [0, 0.05) is 19.0 Å². The molecule has 0 saturated carbocycles. The minimum Gasteiger partial charge on any atom is -0.469 e. The highest BCUT2D eigenvalue weighted by molar-refractivity contribution is 5.78. The number of piperidine rings is 1. The molecule has 0 aliphatic carbocycles. The number of nitrogens with two attached hydrogens (primary N) is 1. The SMILES string of the molecule is COC(=O)CCCNC(=O)CN1CCCCC1CCN. The van der Waals surface area contributed by atoms with E-state index in [0.717, 1.165) is 25.8 Å². The Kier molecular flexibility index (Phi) is 8.22. The molecule has 1 aliphatic rings. The smallest absolute Gasteiger partial charge is 0.305 e. The van der Waals surface area contributed by atoms with Crippen molar-refractivity contribution in [3.63, 3.8) is 0 Å². The number of esters is 1. The molecule has 0 spiro atoms. The van der Waals surface area contributed by atoms with Crippen LogP contribution in [0.2, 0.25) is 0 Å². The van der Waals surface area contributed by atoms with Crippen LogP contribution in [0.4, 0.5) is 0 Å². The summed E-state index contributed by atoms with van der Waals surface area (Å²) in [5, 5.41) is 2.85. The van der Waals surface area contributed by atoms with Gasteiger partial charge in [-0.1, -0.05) is 6.42 Å². The molecule has 1 saturated heterocycles. The van der Waals surface area contributed by atoms with Gasteiger partial charge in [0.1, 0.15) is 0 Å². The largest absolute Gasteiger partial charge is 0.469 e. The van der Waals surface area contributed by atoms with Crippen molar-refractivity contribution < 1.29 is 14.3 Å². The van der Waals surface area contributed by atoms with Gasteiger partial charge in [0.05, 0.1) is 13.7 Å². The van der Waals surface area contributed by atoms with Crippen molar-refractivity contribution in [3.8, 4) is 0 Å². The molecule has 1 atom stereocenters. The van der Waals surface area contributed by atoms with Gasteiger partial charge in [-0.2, -0.15) is 0 Å². The third kappa shape index (κ3) is 6.34. The van der Waals surface area contributed by atoms with E-state index in [-0.39, 0.29) is 11.9 Å². The zero-order valence-corrected chi connectivity index (χ0v) is 12.4. The number of carbonyl (C=O) groups excluding carboxylic acids is 2. The monoisotopic (exact) mass is 285 g/mol. The third-order valence-electron chi connectivity index (χ3n) is 3.70. The zero-order chi connectivity index (χ0) is 14.8. The van der Waals surface area contributed by atoms with Crippen LogP contribution in [-0.2, 0) is 14.3 Å². The summed E-state index contributed by atoms with van der Waals surface area (Å²) < 4.78 is 4.55. The van der Waals surface area contributed by atoms with Gasteiger partial charge in [0.15, 0.2) is 0 Å². The number of rotatable bonds is 8. The van der Waals surface area contributed by atoms with Crippen molar-refractivity contribution in [3.05, 3.63) is 0 Å². The van der Waals surface area contributed by atoms with Gasteiger partial charge < -0.3 is 15.8 Å². The Labute approximate surface area is 121 Å². The van der Waals surface area contributed by atoms with E-state index in [9.17, 15) is 9.59 Å². The molecule has 1 amide bonds. The summed E-state index contributed by atoms with van der Waals surface area (Å²) in [5.74, 6) is -0.211. The predicted octanol–water partition coefficient (Wildman–Crippen LogP) is 0.259. The molecule has 0 radical (unpaired) electrons. The molecular formula is C14H27N3O3. The summed E-state index contributed by atoms with van der Waals surface area (Å²) in [7, 11) is 1.37. The summed E-state index contributed by atoms with van der Waals surface area (Å²) in [4.78, 5) is 25.0. The second kappa shape index (κ2) is 9.72. The van der Waals surface area contributed by atoms with Crippen LogP contribution >= 0.6 is 0 Å². The molecule has 1 unspecified atom stereocenters. The Balaban J connectivity index is 2.21. The summed E-state index contributed by atoms with van der Waals surface area (Å²) in [6, 6.07) is 0.439. The molecule has 0 aromatic carbocycles. The summed E-state index contributed by atoms with van der Waals surface area (Å²) in [5.41, 5.74) is 5.62. The second-order valence-corrected chi connectivity index (χ2v) is 5.23. The first-order valence-electron chi connectivity index (χ1n) is 7.45. The van der Waals surface area contributed by atoms with E-state index >= 15 is 0 Å². The summed E-state index contributed by atoms with van der Waals surface area (Å²) in [6.45, 7) is 2.59. The van der Waals surface area contributed by atoms with Crippen molar-refractivity contribution in [2.45, 2.75) is 44.6 Å². The van der Waals surface area contributed by atoms with Crippen molar-refractivity contribution in [1.29, 1.82) is 0 Å². The van der Waals surface area contributed by atoms with E-state index < -0.39 is 0 Å². The quantitative estimate of drug-likeness (QED) is 0.493. The van der Waals surface area contributed by atoms with Crippen LogP contribution in [0.3, 0.4) is 0 Å². The number of hydrogen-bond donors (Lipinski definition) is 2. The molecule has 116 valence electrons. The topological polar surface area (TPSA) is 84.7 Å². The number of ether oxygens (including phenoxy) is 1. The average Bonchev–Trinajstić information content (AvgIpc) is 2.45. The molecule has 1 rings (SSSR count). The predicted molar refractivity (Wildman–Crippen MR) is 77.1 cm³/mol. The van der Waals surface area contributed by atoms with E-state index in [1.165, 1.54) is 13.5 Å². The number of hydrogen-bond acceptors (Lipinski definition) is 5. The Bertz CT molecular complexity index is 308. The lowest BCUT2D eigenvalue weighted by Gasteiger charge is -2.35. The van der Waals surface area contributed by atoms with Crippen LogP contribution in [0.15, 0.2) is 0 Å². The van der Waals surface area contributed by atoms with Crippen LogP contribution in [0.25, 0.3) is 0 Å². The lowest BCUT2D eigenvalue weighted by molar-refractivity contribution is -0.140. The molecule has 6 nitrogen and oxygen atoms in total. The zero-order valence-electron chi connectivity index (χ0n) is 12.4. The molecule has 0 aromatic rings. The fourth-order valence-corrected chi connectivity index (χ4v) is 2.59. The van der Waals surface area contributed by atoms with E-state index in [1.807, 2.05) is 0 Å². The van der Waals surface area contributed by atoms with E-state index in [4.69, 9.17) is 5.73 Å². The van der Waals surface area contributed by atoms with Gasteiger partial charge in [-0.25, -0.2) is 0 Å². The van der Waals surface area contributed by atoms with Crippen LogP contribution in [0, 0.1) is 0 Å². The van der Waals surface area contributed by atoms with Crippen molar-refractivity contribution >= 4 is 11.9 Å². The van der Waals surface area contributed by atoms with Gasteiger partial charge in [0.25, 0.3) is 0 Å². The fraction of sp³-hybridized carbons (Fsp3) is 0.857. The number of carbonyl (C=O) groups is 2. The van der Waals surface area contributed by atoms with Gasteiger partial charge in [-0.05, 0) is 38.8 Å². The number of nitrogens with one attached hydrogen (secondary N) is 1. The maximum atomic E-state index is 11.9.